The fraction of sp³-hybridized carbons (Fsp3) is 0.928. The van der Waals surface area contributed by atoms with Gasteiger partial charge in [0.25, 0.3) is 0 Å². The Morgan fingerprint density at radius 2 is 0.528 bits per heavy atom. The van der Waals surface area contributed by atoms with Crippen LogP contribution in [0, 0.1) is 0 Å². The topological polar surface area (TPSA) is 95.9 Å². The lowest BCUT2D eigenvalue weighted by molar-refractivity contribution is -0.143. The second-order valence-electron chi connectivity index (χ2n) is 28.5. The standard InChI is InChI=1S/C83H161NO5/c1-3-5-7-9-11-13-15-17-19-21-23-24-25-34-37-40-43-47-51-55-59-63-67-71-75-81(86)80(79-85)84-82(87)76-72-68-64-60-56-52-48-44-41-38-35-32-30-28-26-27-29-31-33-36-39-42-46-50-54-58-62-66-70-74-78-89-83(88)77-73-69-65-61-57-53-49-45-22-20-18-16-14-12-10-8-6-4-2/h20,22,71,75,80-81,85-86H,3-19,21,23-70,72-74,76-79H2,1-2H3,(H,84,87)/b22-20-,75-71+. The quantitative estimate of drug-likeness (QED) is 0.0320. The molecule has 0 fully saturated rings. The summed E-state index contributed by atoms with van der Waals surface area (Å²) >= 11 is 0. The third-order valence-corrected chi connectivity index (χ3v) is 19.5. The maximum Gasteiger partial charge on any atom is 0.305 e. The molecule has 0 aromatic carbocycles. The van der Waals surface area contributed by atoms with E-state index in [-0.39, 0.29) is 18.5 Å². The predicted octanol–water partition coefficient (Wildman–Crippen LogP) is 27.2. The first kappa shape index (κ1) is 87.3. The highest BCUT2D eigenvalue weighted by Crippen LogP contribution is 2.20. The van der Waals surface area contributed by atoms with Crippen LogP contribution >= 0.6 is 0 Å². The van der Waals surface area contributed by atoms with Gasteiger partial charge in [-0.15, -0.1) is 0 Å². The Kier molecular flexibility index (Phi) is 77.3. The first-order valence-corrected chi connectivity index (χ1v) is 41.1. The molecule has 0 spiro atoms. The summed E-state index contributed by atoms with van der Waals surface area (Å²) in [4.78, 5) is 24.7. The second-order valence-corrected chi connectivity index (χ2v) is 28.5. The zero-order chi connectivity index (χ0) is 64.2. The molecule has 1 amide bonds. The van der Waals surface area contributed by atoms with Gasteiger partial charge in [-0.2, -0.15) is 0 Å². The van der Waals surface area contributed by atoms with Crippen molar-refractivity contribution in [3.05, 3.63) is 24.3 Å². The molecule has 0 saturated heterocycles. The predicted molar refractivity (Wildman–Crippen MR) is 393 cm³/mol. The molecule has 0 saturated carbocycles. The molecular weight excluding hydrogens is 1090 g/mol. The number of carbonyl (C=O) groups is 2. The third kappa shape index (κ3) is 75.3. The van der Waals surface area contributed by atoms with E-state index in [1.54, 1.807) is 6.08 Å². The molecule has 0 aliphatic heterocycles. The van der Waals surface area contributed by atoms with Crippen LogP contribution in [-0.2, 0) is 14.3 Å². The normalized spacial score (nSPS) is 12.5. The highest BCUT2D eigenvalue weighted by molar-refractivity contribution is 5.76. The Labute approximate surface area is 558 Å². The van der Waals surface area contributed by atoms with Gasteiger partial charge < -0.3 is 20.3 Å². The van der Waals surface area contributed by atoms with Gasteiger partial charge in [0.15, 0.2) is 0 Å². The van der Waals surface area contributed by atoms with Crippen LogP contribution in [0.1, 0.15) is 470 Å². The van der Waals surface area contributed by atoms with E-state index in [0.29, 0.717) is 19.4 Å². The van der Waals surface area contributed by atoms with Crippen molar-refractivity contribution >= 4 is 11.9 Å². The van der Waals surface area contributed by atoms with Gasteiger partial charge in [0.05, 0.1) is 25.4 Å². The van der Waals surface area contributed by atoms with Gasteiger partial charge in [-0.05, 0) is 57.8 Å². The van der Waals surface area contributed by atoms with Crippen molar-refractivity contribution in [3.63, 3.8) is 0 Å². The first-order chi connectivity index (χ1) is 44.0. The molecule has 0 aliphatic rings. The summed E-state index contributed by atoms with van der Waals surface area (Å²) in [5.41, 5.74) is 0. The van der Waals surface area contributed by atoms with E-state index < -0.39 is 12.1 Å². The Morgan fingerprint density at radius 3 is 0.798 bits per heavy atom. The van der Waals surface area contributed by atoms with Gasteiger partial charge in [-0.3, -0.25) is 9.59 Å². The molecule has 2 atom stereocenters. The van der Waals surface area contributed by atoms with Crippen LogP contribution in [0.3, 0.4) is 0 Å². The number of carbonyl (C=O) groups excluding carboxylic acids is 2. The van der Waals surface area contributed by atoms with Crippen molar-refractivity contribution in [1.29, 1.82) is 0 Å². The van der Waals surface area contributed by atoms with Gasteiger partial charge >= 0.3 is 5.97 Å². The molecule has 0 heterocycles. The lowest BCUT2D eigenvalue weighted by atomic mass is 10.0. The number of unbranched alkanes of at least 4 members (excludes halogenated alkanes) is 65. The summed E-state index contributed by atoms with van der Waals surface area (Å²) in [5, 5.41) is 23.3. The van der Waals surface area contributed by atoms with Gasteiger partial charge in [0.2, 0.25) is 5.91 Å². The number of allylic oxidation sites excluding steroid dienone is 3. The molecule has 0 radical (unpaired) electrons. The SMILES string of the molecule is CCCCCCCCC/C=C\CCCCCCCCCC(=O)OCCCCCCCCCCCCCCCCCCCCCCCCCCCCCCCCC(=O)NC(CO)C(O)/C=C/CCCCCCCCCCCCCCCCCCCCCCCC. The number of hydrogen-bond acceptors (Lipinski definition) is 5. The van der Waals surface area contributed by atoms with Crippen LogP contribution in [0.2, 0.25) is 0 Å². The van der Waals surface area contributed by atoms with Crippen molar-refractivity contribution in [2.24, 2.45) is 0 Å². The van der Waals surface area contributed by atoms with E-state index in [4.69, 9.17) is 4.74 Å². The minimum atomic E-state index is -0.843. The summed E-state index contributed by atoms with van der Waals surface area (Å²) in [6.45, 7) is 4.96. The van der Waals surface area contributed by atoms with E-state index in [1.165, 1.54) is 398 Å². The van der Waals surface area contributed by atoms with Gasteiger partial charge in [0, 0.05) is 12.8 Å². The minimum absolute atomic E-state index is 0.0181. The van der Waals surface area contributed by atoms with Crippen LogP contribution < -0.4 is 5.32 Å². The van der Waals surface area contributed by atoms with Crippen molar-refractivity contribution in [1.82, 2.24) is 5.32 Å². The highest BCUT2D eigenvalue weighted by Gasteiger charge is 2.18. The Morgan fingerprint density at radius 1 is 0.303 bits per heavy atom. The fourth-order valence-electron chi connectivity index (χ4n) is 13.2. The Balaban J connectivity index is 3.35. The summed E-state index contributed by atoms with van der Waals surface area (Å²) in [7, 11) is 0. The first-order valence-electron chi connectivity index (χ1n) is 41.1. The molecule has 0 aliphatic carbocycles. The summed E-state index contributed by atoms with van der Waals surface area (Å²) in [6, 6.07) is -0.626. The van der Waals surface area contributed by atoms with Crippen LogP contribution in [-0.4, -0.2) is 47.4 Å². The van der Waals surface area contributed by atoms with Gasteiger partial charge in [0.1, 0.15) is 0 Å². The van der Waals surface area contributed by atoms with Crippen LogP contribution in [0.5, 0.6) is 0 Å². The molecule has 3 N–H and O–H groups in total. The van der Waals surface area contributed by atoms with E-state index in [0.717, 1.165) is 44.9 Å². The Bertz CT molecular complexity index is 1400. The van der Waals surface area contributed by atoms with Crippen molar-refractivity contribution < 1.29 is 24.5 Å². The molecule has 6 nitrogen and oxygen atoms in total. The summed E-state index contributed by atoms with van der Waals surface area (Å²) < 4.78 is 5.51. The van der Waals surface area contributed by atoms with E-state index in [1.807, 2.05) is 6.08 Å². The average molecular weight is 1250 g/mol. The number of rotatable bonds is 78. The molecular formula is C83H161NO5. The third-order valence-electron chi connectivity index (χ3n) is 19.5. The van der Waals surface area contributed by atoms with Crippen molar-refractivity contribution in [2.75, 3.05) is 13.2 Å². The summed E-state index contributed by atoms with van der Waals surface area (Å²) in [6.07, 6.45) is 102. The van der Waals surface area contributed by atoms with Crippen LogP contribution in [0.4, 0.5) is 0 Å². The number of amides is 1. The summed E-state index contributed by atoms with van der Waals surface area (Å²) in [5.74, 6) is -0.0404. The van der Waals surface area contributed by atoms with E-state index in [2.05, 4.69) is 31.3 Å². The molecule has 2 unspecified atom stereocenters. The highest BCUT2D eigenvalue weighted by atomic mass is 16.5. The molecule has 0 bridgehead atoms. The number of nitrogens with one attached hydrogen (secondary N) is 1. The lowest BCUT2D eigenvalue weighted by Gasteiger charge is -2.20. The number of esters is 1. The number of aliphatic hydroxyl groups is 2. The average Bonchev–Trinajstić information content (AvgIpc) is 3.60. The fourth-order valence-corrected chi connectivity index (χ4v) is 13.2. The zero-order valence-electron chi connectivity index (χ0n) is 60.7. The van der Waals surface area contributed by atoms with E-state index >= 15 is 0 Å². The number of hydrogen-bond donors (Lipinski definition) is 3. The molecule has 528 valence electrons. The van der Waals surface area contributed by atoms with Crippen molar-refractivity contribution in [3.8, 4) is 0 Å². The van der Waals surface area contributed by atoms with Gasteiger partial charge in [-0.1, -0.05) is 423 Å². The smallest absolute Gasteiger partial charge is 0.305 e. The molecule has 0 rings (SSSR count). The minimum Gasteiger partial charge on any atom is -0.466 e. The van der Waals surface area contributed by atoms with Crippen LogP contribution in [0.25, 0.3) is 0 Å². The molecule has 89 heavy (non-hydrogen) atoms. The maximum absolute atomic E-state index is 12.6. The molecule has 6 heteroatoms. The van der Waals surface area contributed by atoms with Gasteiger partial charge in [-0.25, -0.2) is 0 Å². The monoisotopic (exact) mass is 1250 g/mol. The van der Waals surface area contributed by atoms with Crippen molar-refractivity contribution in [2.45, 2.75) is 482 Å². The number of aliphatic hydroxyl groups excluding tert-OH is 2. The molecule has 0 aromatic rings. The zero-order valence-corrected chi connectivity index (χ0v) is 60.7. The van der Waals surface area contributed by atoms with Crippen LogP contribution in [0.15, 0.2) is 24.3 Å². The maximum atomic E-state index is 12.6. The molecule has 0 aromatic heterocycles. The largest absolute Gasteiger partial charge is 0.466 e. The van der Waals surface area contributed by atoms with E-state index in [9.17, 15) is 19.8 Å². The number of ether oxygens (including phenoxy) is 1. The Hall–Kier alpha value is -1.66. The lowest BCUT2D eigenvalue weighted by Crippen LogP contribution is -2.45. The second kappa shape index (κ2) is 78.8.